The Morgan fingerprint density at radius 2 is 1.61 bits per heavy atom. The van der Waals surface area contributed by atoms with E-state index < -0.39 is 0 Å². The number of nitrogens with zero attached hydrogens (tertiary/aromatic N) is 1. The minimum atomic E-state index is 0.178. The van der Waals surface area contributed by atoms with E-state index in [1.54, 1.807) is 0 Å². The third kappa shape index (κ3) is 1.90. The van der Waals surface area contributed by atoms with Crippen LogP contribution in [0, 0.1) is 6.92 Å². The summed E-state index contributed by atoms with van der Waals surface area (Å²) in [7, 11) is 0. The molecule has 0 radical (unpaired) electrons. The number of fused-ring (bicyclic) bond motifs is 1. The lowest BCUT2D eigenvalue weighted by atomic mass is 9.99. The number of benzene rings is 2. The zero-order valence-electron chi connectivity index (χ0n) is 10.4. The summed E-state index contributed by atoms with van der Waals surface area (Å²) >= 11 is 0. The van der Waals surface area contributed by atoms with E-state index in [4.69, 9.17) is 0 Å². The summed E-state index contributed by atoms with van der Waals surface area (Å²) in [6, 6.07) is 16.3. The standard InChI is InChI=1S/C16H15NO/c1-12-6-8-15(9-7-12)17-11-14-5-3-2-4-13(14)10-16(17)18/h2-9H,10-11H2,1H3. The maximum Gasteiger partial charge on any atom is 0.231 e. The van der Waals surface area contributed by atoms with Gasteiger partial charge in [0.25, 0.3) is 0 Å². The van der Waals surface area contributed by atoms with Crippen molar-refractivity contribution >= 4 is 11.6 Å². The van der Waals surface area contributed by atoms with Gasteiger partial charge in [0, 0.05) is 5.69 Å². The molecule has 0 N–H and O–H groups in total. The van der Waals surface area contributed by atoms with Crippen LogP contribution in [0.25, 0.3) is 0 Å². The average Bonchev–Trinajstić information content (AvgIpc) is 2.39. The van der Waals surface area contributed by atoms with E-state index >= 15 is 0 Å². The molecule has 2 aromatic carbocycles. The van der Waals surface area contributed by atoms with Gasteiger partial charge in [0.2, 0.25) is 5.91 Å². The lowest BCUT2D eigenvalue weighted by molar-refractivity contribution is -0.118. The van der Waals surface area contributed by atoms with Crippen LogP contribution < -0.4 is 4.90 Å². The Bertz CT molecular complexity index is 586. The second-order valence-corrected chi connectivity index (χ2v) is 4.76. The van der Waals surface area contributed by atoms with E-state index in [2.05, 4.69) is 13.0 Å². The van der Waals surface area contributed by atoms with Crippen LogP contribution >= 0.6 is 0 Å². The van der Waals surface area contributed by atoms with Gasteiger partial charge in [0.05, 0.1) is 13.0 Å². The van der Waals surface area contributed by atoms with Crippen LogP contribution in [0.15, 0.2) is 48.5 Å². The molecule has 1 aliphatic heterocycles. The summed E-state index contributed by atoms with van der Waals surface area (Å²) in [4.78, 5) is 14.0. The van der Waals surface area contributed by atoms with Crippen LogP contribution in [0.3, 0.4) is 0 Å². The van der Waals surface area contributed by atoms with E-state index in [-0.39, 0.29) is 5.91 Å². The van der Waals surface area contributed by atoms with Crippen molar-refractivity contribution in [3.8, 4) is 0 Å². The zero-order valence-corrected chi connectivity index (χ0v) is 10.4. The second kappa shape index (κ2) is 4.30. The molecule has 0 aliphatic carbocycles. The van der Waals surface area contributed by atoms with Crippen molar-refractivity contribution in [2.24, 2.45) is 0 Å². The molecule has 0 fully saturated rings. The first-order chi connectivity index (χ1) is 8.74. The minimum absolute atomic E-state index is 0.178. The number of hydrogen-bond acceptors (Lipinski definition) is 1. The first kappa shape index (κ1) is 11.0. The highest BCUT2D eigenvalue weighted by Gasteiger charge is 2.23. The van der Waals surface area contributed by atoms with Gasteiger partial charge in [-0.05, 0) is 30.2 Å². The van der Waals surface area contributed by atoms with Gasteiger partial charge in [-0.15, -0.1) is 0 Å². The Balaban J connectivity index is 1.95. The summed E-state index contributed by atoms with van der Waals surface area (Å²) in [5.41, 5.74) is 4.60. The average molecular weight is 237 g/mol. The fraction of sp³-hybridized carbons (Fsp3) is 0.188. The van der Waals surface area contributed by atoms with Crippen LogP contribution in [0.1, 0.15) is 16.7 Å². The second-order valence-electron chi connectivity index (χ2n) is 4.76. The molecule has 2 heteroatoms. The number of carbonyl (C=O) groups is 1. The molecule has 0 aromatic heterocycles. The number of carbonyl (C=O) groups excluding carboxylic acids is 1. The van der Waals surface area contributed by atoms with E-state index in [0.717, 1.165) is 11.3 Å². The van der Waals surface area contributed by atoms with Gasteiger partial charge in [0.1, 0.15) is 0 Å². The van der Waals surface area contributed by atoms with E-state index in [0.29, 0.717) is 13.0 Å². The molecule has 2 nitrogen and oxygen atoms in total. The maximum absolute atomic E-state index is 12.2. The number of aryl methyl sites for hydroxylation is 1. The summed E-state index contributed by atoms with van der Waals surface area (Å²) in [5.74, 6) is 0.178. The summed E-state index contributed by atoms with van der Waals surface area (Å²) in [6.07, 6.45) is 0.504. The van der Waals surface area contributed by atoms with Crippen molar-refractivity contribution in [3.63, 3.8) is 0 Å². The van der Waals surface area contributed by atoms with Crippen molar-refractivity contribution in [3.05, 3.63) is 65.2 Å². The van der Waals surface area contributed by atoms with E-state index in [9.17, 15) is 4.79 Å². The molecule has 0 bridgehead atoms. The zero-order chi connectivity index (χ0) is 12.5. The van der Waals surface area contributed by atoms with Crippen LogP contribution in [0.5, 0.6) is 0 Å². The van der Waals surface area contributed by atoms with Crippen LogP contribution in [-0.2, 0) is 17.8 Å². The Labute approximate surface area is 107 Å². The van der Waals surface area contributed by atoms with Gasteiger partial charge in [-0.25, -0.2) is 0 Å². The van der Waals surface area contributed by atoms with Crippen LogP contribution in [0.2, 0.25) is 0 Å². The SMILES string of the molecule is Cc1ccc(N2Cc3ccccc3CC2=O)cc1. The normalized spacial score (nSPS) is 14.5. The third-order valence-corrected chi connectivity index (χ3v) is 3.44. The molecule has 0 saturated heterocycles. The topological polar surface area (TPSA) is 20.3 Å². The summed E-state index contributed by atoms with van der Waals surface area (Å²) in [6.45, 7) is 2.73. The van der Waals surface area contributed by atoms with Crippen molar-refractivity contribution in [1.29, 1.82) is 0 Å². The van der Waals surface area contributed by atoms with Crippen LogP contribution in [0.4, 0.5) is 5.69 Å². The van der Waals surface area contributed by atoms with Gasteiger partial charge in [0.15, 0.2) is 0 Å². The minimum Gasteiger partial charge on any atom is -0.308 e. The largest absolute Gasteiger partial charge is 0.308 e. The highest BCUT2D eigenvalue weighted by atomic mass is 16.2. The van der Waals surface area contributed by atoms with Crippen molar-refractivity contribution in [2.75, 3.05) is 4.90 Å². The highest BCUT2D eigenvalue weighted by Crippen LogP contribution is 2.25. The lowest BCUT2D eigenvalue weighted by Crippen LogP contribution is -2.36. The van der Waals surface area contributed by atoms with E-state index in [1.807, 2.05) is 47.4 Å². The quantitative estimate of drug-likeness (QED) is 0.746. The number of rotatable bonds is 1. The van der Waals surface area contributed by atoms with Gasteiger partial charge < -0.3 is 4.90 Å². The number of anilines is 1. The number of hydrogen-bond donors (Lipinski definition) is 0. The Hall–Kier alpha value is -2.09. The van der Waals surface area contributed by atoms with Gasteiger partial charge >= 0.3 is 0 Å². The van der Waals surface area contributed by atoms with Gasteiger partial charge in [-0.3, -0.25) is 4.79 Å². The molecule has 18 heavy (non-hydrogen) atoms. The predicted octanol–water partition coefficient (Wildman–Crippen LogP) is 3.08. The predicted molar refractivity (Wildman–Crippen MR) is 72.5 cm³/mol. The fourth-order valence-electron chi connectivity index (χ4n) is 2.36. The van der Waals surface area contributed by atoms with Crippen molar-refractivity contribution in [1.82, 2.24) is 0 Å². The monoisotopic (exact) mass is 237 g/mol. The first-order valence-corrected chi connectivity index (χ1v) is 6.18. The molecule has 1 amide bonds. The number of amides is 1. The first-order valence-electron chi connectivity index (χ1n) is 6.18. The van der Waals surface area contributed by atoms with Crippen LogP contribution in [-0.4, -0.2) is 5.91 Å². The lowest BCUT2D eigenvalue weighted by Gasteiger charge is -2.28. The molecular weight excluding hydrogens is 222 g/mol. The Morgan fingerprint density at radius 3 is 2.33 bits per heavy atom. The maximum atomic E-state index is 12.2. The van der Waals surface area contributed by atoms with Gasteiger partial charge in [-0.2, -0.15) is 0 Å². The fourth-order valence-corrected chi connectivity index (χ4v) is 2.36. The third-order valence-electron chi connectivity index (χ3n) is 3.44. The van der Waals surface area contributed by atoms with Gasteiger partial charge in [-0.1, -0.05) is 42.0 Å². The summed E-state index contributed by atoms with van der Waals surface area (Å²) in [5, 5.41) is 0. The summed E-state index contributed by atoms with van der Waals surface area (Å²) < 4.78 is 0. The molecule has 3 rings (SSSR count). The molecule has 0 spiro atoms. The molecular formula is C16H15NO. The Kier molecular flexibility index (Phi) is 2.63. The van der Waals surface area contributed by atoms with Crippen molar-refractivity contribution < 1.29 is 4.79 Å². The van der Waals surface area contributed by atoms with Crippen molar-refractivity contribution in [2.45, 2.75) is 19.9 Å². The molecule has 90 valence electrons. The highest BCUT2D eigenvalue weighted by molar-refractivity contribution is 5.96. The molecule has 1 heterocycles. The molecule has 1 aliphatic rings. The molecule has 0 unspecified atom stereocenters. The molecule has 2 aromatic rings. The molecule has 0 saturated carbocycles. The smallest absolute Gasteiger partial charge is 0.231 e. The Morgan fingerprint density at radius 1 is 0.944 bits per heavy atom. The molecule has 0 atom stereocenters. The van der Waals surface area contributed by atoms with E-state index in [1.165, 1.54) is 11.1 Å².